The predicted octanol–water partition coefficient (Wildman–Crippen LogP) is 0.434. The van der Waals surface area contributed by atoms with Gasteiger partial charge < -0.3 is 26.3 Å². The van der Waals surface area contributed by atoms with E-state index in [-0.39, 0.29) is 19.3 Å². The molecule has 1 aromatic carbocycles. The molecule has 0 saturated heterocycles. The first kappa shape index (κ1) is 21.5. The monoisotopic (exact) mass is 399 g/mol. The summed E-state index contributed by atoms with van der Waals surface area (Å²) in [5.41, 5.74) is 9.99. The van der Waals surface area contributed by atoms with E-state index in [4.69, 9.17) is 5.53 Å². The van der Waals surface area contributed by atoms with Crippen molar-refractivity contribution in [2.75, 3.05) is 0 Å². The van der Waals surface area contributed by atoms with Crippen molar-refractivity contribution in [3.05, 3.63) is 41.6 Å². The van der Waals surface area contributed by atoms with Crippen LogP contribution in [0, 0.1) is 0 Å². The molecule has 0 saturated carbocycles. The number of carboxylic acid groups (broad SMARTS) is 1. The minimum atomic E-state index is -1.34. The highest BCUT2D eigenvalue weighted by Crippen LogP contribution is 2.19. The van der Waals surface area contributed by atoms with Crippen molar-refractivity contribution in [3.8, 4) is 0 Å². The topological polar surface area (TPSA) is 165 Å². The van der Waals surface area contributed by atoms with Crippen LogP contribution in [0.1, 0.15) is 25.3 Å². The van der Waals surface area contributed by atoms with Crippen LogP contribution in [0.15, 0.2) is 30.5 Å². The lowest BCUT2D eigenvalue weighted by Crippen LogP contribution is -2.52. The molecule has 1 heterocycles. The van der Waals surface area contributed by atoms with Gasteiger partial charge >= 0.3 is 12.2 Å². The molecular weight excluding hydrogens is 378 g/mol. The highest BCUT2D eigenvalue weighted by molar-refractivity contribution is 6.25. The molecular formula is C19H21N5O5. The molecule has 2 rings (SSSR count). The maximum atomic E-state index is 12.7. The second-order valence-corrected chi connectivity index (χ2v) is 6.47. The Bertz CT molecular complexity index is 976. The van der Waals surface area contributed by atoms with Crippen LogP contribution >= 0.6 is 0 Å². The maximum Gasteiger partial charge on any atom is 0.326 e. The lowest BCUT2D eigenvalue weighted by molar-refractivity contribution is -0.142. The summed E-state index contributed by atoms with van der Waals surface area (Å²) < 4.78 is 0. The predicted molar refractivity (Wildman–Crippen MR) is 103 cm³/mol. The Balaban J connectivity index is 2.14. The molecule has 0 radical (unpaired) electrons. The molecule has 2 atom stereocenters. The highest BCUT2D eigenvalue weighted by Gasteiger charge is 2.27. The number of amides is 2. The number of Topliss-reactive ketones (excluding diaryl/α,β-unsaturated/α-hetero) is 1. The standard InChI is InChI=1S/C19H21N5O5/c1-11(25)23-17(8-12-9-21-15-5-3-2-4-14(12)15)18(27)24-16(19(28)29)7-6-13(26)10-22-20/h2-5,9-10,16-17,21H,6-8H2,1H3,(H,23,25)(H,24,27)(H,28,29)/t16?,17-/m0/s1. The number of rotatable bonds is 10. The summed E-state index contributed by atoms with van der Waals surface area (Å²) in [5.74, 6) is -3.02. The van der Waals surface area contributed by atoms with Crippen LogP contribution in [-0.2, 0) is 25.6 Å². The van der Waals surface area contributed by atoms with E-state index < -0.39 is 35.7 Å². The van der Waals surface area contributed by atoms with Crippen molar-refractivity contribution in [3.63, 3.8) is 0 Å². The van der Waals surface area contributed by atoms with Crippen molar-refractivity contribution in [1.29, 1.82) is 0 Å². The Morgan fingerprint density at radius 1 is 1.21 bits per heavy atom. The van der Waals surface area contributed by atoms with Crippen molar-refractivity contribution in [1.82, 2.24) is 15.6 Å². The number of carbonyl (C=O) groups excluding carboxylic acids is 3. The summed E-state index contributed by atoms with van der Waals surface area (Å²) in [6.45, 7) is 1.26. The number of hydrogen-bond acceptors (Lipinski definition) is 4. The van der Waals surface area contributed by atoms with Gasteiger partial charge in [0.1, 0.15) is 12.1 Å². The van der Waals surface area contributed by atoms with E-state index in [9.17, 15) is 24.3 Å². The van der Waals surface area contributed by atoms with Crippen LogP contribution in [0.3, 0.4) is 0 Å². The summed E-state index contributed by atoms with van der Waals surface area (Å²) in [4.78, 5) is 52.7. The number of benzene rings is 1. The number of fused-ring (bicyclic) bond motifs is 1. The number of H-pyrrole nitrogens is 1. The Morgan fingerprint density at radius 2 is 1.93 bits per heavy atom. The van der Waals surface area contributed by atoms with Gasteiger partial charge in [-0.1, -0.05) is 18.2 Å². The minimum Gasteiger partial charge on any atom is -0.480 e. The SMILES string of the molecule is CC(=O)N[C@@H](Cc1c[nH]c2ccccc12)C(=O)NC(CCC(=O)C=[N+]=[N-])C(=O)O. The fraction of sp³-hybridized carbons (Fsp3) is 0.316. The summed E-state index contributed by atoms with van der Waals surface area (Å²) in [6, 6.07) is 5.12. The van der Waals surface area contributed by atoms with E-state index >= 15 is 0 Å². The number of nitrogens with one attached hydrogen (secondary N) is 3. The van der Waals surface area contributed by atoms with Gasteiger partial charge in [0, 0.05) is 36.9 Å². The molecule has 0 bridgehead atoms. The third-order valence-electron chi connectivity index (χ3n) is 4.29. The van der Waals surface area contributed by atoms with Crippen LogP contribution in [-0.4, -0.2) is 56.7 Å². The normalized spacial score (nSPS) is 12.4. The van der Waals surface area contributed by atoms with Crippen LogP contribution in [0.2, 0.25) is 0 Å². The lowest BCUT2D eigenvalue weighted by Gasteiger charge is -2.20. The van der Waals surface area contributed by atoms with E-state index in [0.29, 0.717) is 6.21 Å². The van der Waals surface area contributed by atoms with E-state index in [0.717, 1.165) is 16.5 Å². The molecule has 0 aliphatic heterocycles. The average Bonchev–Trinajstić information content (AvgIpc) is 3.07. The Morgan fingerprint density at radius 3 is 2.59 bits per heavy atom. The van der Waals surface area contributed by atoms with Crippen molar-refractivity contribution < 1.29 is 29.1 Å². The zero-order valence-corrected chi connectivity index (χ0v) is 15.7. The smallest absolute Gasteiger partial charge is 0.326 e. The largest absolute Gasteiger partial charge is 0.480 e. The summed E-state index contributed by atoms with van der Waals surface area (Å²) in [5, 5.41) is 15.1. The molecule has 29 heavy (non-hydrogen) atoms. The van der Waals surface area contributed by atoms with E-state index in [1.165, 1.54) is 6.92 Å². The fourth-order valence-electron chi connectivity index (χ4n) is 2.92. The first-order valence-electron chi connectivity index (χ1n) is 8.87. The van der Waals surface area contributed by atoms with Crippen LogP contribution < -0.4 is 10.6 Å². The quantitative estimate of drug-likeness (QED) is 0.258. The number of para-hydroxylation sites is 1. The summed E-state index contributed by atoms with van der Waals surface area (Å²) in [7, 11) is 0. The molecule has 10 nitrogen and oxygen atoms in total. The van der Waals surface area contributed by atoms with Gasteiger partial charge in [0.2, 0.25) is 17.6 Å². The molecule has 1 unspecified atom stereocenters. The number of carbonyl (C=O) groups is 4. The molecule has 2 amide bonds. The number of carboxylic acids is 1. The molecule has 0 spiro atoms. The fourth-order valence-corrected chi connectivity index (χ4v) is 2.92. The van der Waals surface area contributed by atoms with Gasteiger partial charge in [-0.25, -0.2) is 4.79 Å². The molecule has 4 N–H and O–H groups in total. The zero-order valence-electron chi connectivity index (χ0n) is 15.7. The summed E-state index contributed by atoms with van der Waals surface area (Å²) >= 11 is 0. The molecule has 0 fully saturated rings. The second kappa shape index (κ2) is 9.95. The molecule has 152 valence electrons. The minimum absolute atomic E-state index is 0.151. The number of aliphatic carboxylic acids is 1. The van der Waals surface area contributed by atoms with Crippen molar-refractivity contribution in [2.24, 2.45) is 0 Å². The highest BCUT2D eigenvalue weighted by atomic mass is 16.4. The Hall–Kier alpha value is -3.78. The maximum absolute atomic E-state index is 12.7. The molecule has 1 aromatic heterocycles. The molecule has 10 heteroatoms. The van der Waals surface area contributed by atoms with Gasteiger partial charge in [-0.2, -0.15) is 4.79 Å². The second-order valence-electron chi connectivity index (χ2n) is 6.47. The number of aromatic nitrogens is 1. The van der Waals surface area contributed by atoms with Crippen molar-refractivity contribution in [2.45, 2.75) is 38.3 Å². The summed E-state index contributed by atoms with van der Waals surface area (Å²) in [6.07, 6.45) is 2.13. The van der Waals surface area contributed by atoms with Gasteiger partial charge in [-0.15, -0.1) is 0 Å². The average molecular weight is 399 g/mol. The van der Waals surface area contributed by atoms with E-state index in [2.05, 4.69) is 20.4 Å². The van der Waals surface area contributed by atoms with Gasteiger partial charge in [-0.05, 0) is 18.1 Å². The van der Waals surface area contributed by atoms with Crippen molar-refractivity contribution >= 4 is 40.7 Å². The van der Waals surface area contributed by atoms with Gasteiger partial charge in [0.15, 0.2) is 0 Å². The van der Waals surface area contributed by atoms with Gasteiger partial charge in [0.05, 0.1) is 0 Å². The number of nitrogens with zero attached hydrogens (tertiary/aromatic N) is 2. The van der Waals surface area contributed by atoms with Crippen LogP contribution in [0.5, 0.6) is 0 Å². The van der Waals surface area contributed by atoms with Gasteiger partial charge in [0.25, 0.3) is 0 Å². The molecule has 0 aliphatic carbocycles. The van der Waals surface area contributed by atoms with E-state index in [1.807, 2.05) is 24.3 Å². The number of hydrogen-bond donors (Lipinski definition) is 4. The number of aromatic amines is 1. The zero-order chi connectivity index (χ0) is 21.4. The first-order chi connectivity index (χ1) is 13.8. The third kappa shape index (κ3) is 6.12. The van der Waals surface area contributed by atoms with Crippen LogP contribution in [0.4, 0.5) is 0 Å². The molecule has 0 aliphatic rings. The number of ketones is 1. The van der Waals surface area contributed by atoms with Gasteiger partial charge in [-0.3, -0.25) is 14.4 Å². The Labute approximate surface area is 165 Å². The van der Waals surface area contributed by atoms with E-state index in [1.54, 1.807) is 6.20 Å². The first-order valence-corrected chi connectivity index (χ1v) is 8.87. The molecule has 2 aromatic rings. The third-order valence-corrected chi connectivity index (χ3v) is 4.29. The Kier molecular flexibility index (Phi) is 7.39. The van der Waals surface area contributed by atoms with Crippen LogP contribution in [0.25, 0.3) is 16.4 Å². The lowest BCUT2D eigenvalue weighted by atomic mass is 10.0.